The van der Waals surface area contributed by atoms with E-state index in [2.05, 4.69) is 32.4 Å². The van der Waals surface area contributed by atoms with Crippen molar-refractivity contribution >= 4 is 46.0 Å². The highest BCUT2D eigenvalue weighted by Crippen LogP contribution is 2.28. The number of fused-ring (bicyclic) bond motifs is 1. The van der Waals surface area contributed by atoms with Crippen LogP contribution in [-0.4, -0.2) is 64.4 Å². The van der Waals surface area contributed by atoms with Crippen LogP contribution in [0.4, 0.5) is 17.5 Å². The van der Waals surface area contributed by atoms with Crippen LogP contribution in [0.5, 0.6) is 0 Å². The summed E-state index contributed by atoms with van der Waals surface area (Å²) in [6.45, 7) is 5.13. The van der Waals surface area contributed by atoms with Crippen LogP contribution in [0.2, 0.25) is 5.02 Å². The Morgan fingerprint density at radius 1 is 1.18 bits per heavy atom. The summed E-state index contributed by atoms with van der Waals surface area (Å²) in [4.78, 5) is 49.3. The fourth-order valence-corrected chi connectivity index (χ4v) is 5.32. The highest BCUT2D eigenvalue weighted by molar-refractivity contribution is 6.32. The first-order chi connectivity index (χ1) is 18.7. The minimum Gasteiger partial charge on any atom is -0.381 e. The molecule has 0 aliphatic carbocycles. The number of halogens is 1. The highest BCUT2D eigenvalue weighted by atomic mass is 35.5. The lowest BCUT2D eigenvalue weighted by Crippen LogP contribution is -2.47. The summed E-state index contributed by atoms with van der Waals surface area (Å²) >= 11 is 6.46. The number of carbonyl (C=O) groups is 1. The third-order valence-corrected chi connectivity index (χ3v) is 7.47. The molecule has 5 rings (SSSR count). The summed E-state index contributed by atoms with van der Waals surface area (Å²) in [7, 11) is 1.53. The third-order valence-electron chi connectivity index (χ3n) is 7.19. The van der Waals surface area contributed by atoms with Crippen LogP contribution in [0.1, 0.15) is 19.8 Å². The number of amides is 1. The van der Waals surface area contributed by atoms with Crippen LogP contribution >= 0.6 is 11.6 Å². The zero-order chi connectivity index (χ0) is 27.7. The van der Waals surface area contributed by atoms with Crippen molar-refractivity contribution in [1.29, 1.82) is 0 Å². The van der Waals surface area contributed by atoms with Crippen molar-refractivity contribution in [2.45, 2.75) is 38.9 Å². The van der Waals surface area contributed by atoms with Gasteiger partial charge in [-0.1, -0.05) is 18.5 Å². The van der Waals surface area contributed by atoms with Crippen molar-refractivity contribution in [3.8, 4) is 0 Å². The largest absolute Gasteiger partial charge is 0.381 e. The molecule has 0 unspecified atom stereocenters. The van der Waals surface area contributed by atoms with E-state index in [1.165, 1.54) is 16.2 Å². The van der Waals surface area contributed by atoms with Gasteiger partial charge in [0.1, 0.15) is 5.02 Å². The number of nitrogens with zero attached hydrogens (tertiary/aromatic N) is 5. The molecule has 1 amide bonds. The van der Waals surface area contributed by atoms with E-state index >= 15 is 0 Å². The maximum Gasteiger partial charge on any atom is 0.316 e. The number of ether oxygens (including phenoxy) is 1. The van der Waals surface area contributed by atoms with E-state index in [-0.39, 0.29) is 30.8 Å². The zero-order valence-electron chi connectivity index (χ0n) is 22.0. The minimum atomic E-state index is -0.679. The fourth-order valence-electron chi connectivity index (χ4n) is 5.18. The molecule has 0 saturated carbocycles. The maximum atomic E-state index is 13.2. The lowest BCUT2D eigenvalue weighted by molar-refractivity contribution is -0.120. The van der Waals surface area contributed by atoms with E-state index in [1.807, 2.05) is 0 Å². The molecule has 3 aromatic rings. The van der Waals surface area contributed by atoms with Gasteiger partial charge in [0.25, 0.3) is 0 Å². The van der Waals surface area contributed by atoms with Crippen LogP contribution in [-0.2, 0) is 22.6 Å². The number of rotatable bonds is 8. The first kappa shape index (κ1) is 27.1. The number of nitrogens with two attached hydrogens (primary N) is 1. The SMILES string of the molecule is CNC(=O)CCn1c(=O)c(=O)n(CC2COC2)c2ccc(Nc3nc(N4C[C@H](C)C[C@H](N)C4)ncc3Cl)cc21. The van der Waals surface area contributed by atoms with Gasteiger partial charge in [-0.25, -0.2) is 4.98 Å². The maximum absolute atomic E-state index is 13.2. The van der Waals surface area contributed by atoms with Gasteiger partial charge in [0.2, 0.25) is 11.9 Å². The zero-order valence-corrected chi connectivity index (χ0v) is 22.8. The molecule has 1 aromatic carbocycles. The van der Waals surface area contributed by atoms with Gasteiger partial charge in [0.05, 0.1) is 30.4 Å². The molecule has 0 spiro atoms. The number of anilines is 3. The first-order valence-electron chi connectivity index (χ1n) is 13.1. The molecular formula is C26H33ClN8O4. The van der Waals surface area contributed by atoms with Crippen molar-refractivity contribution in [2.75, 3.05) is 43.6 Å². The van der Waals surface area contributed by atoms with E-state index in [0.717, 1.165) is 13.0 Å². The van der Waals surface area contributed by atoms with Crippen LogP contribution in [0.25, 0.3) is 11.0 Å². The summed E-state index contributed by atoms with van der Waals surface area (Å²) in [5.41, 5.74) is 6.65. The molecule has 2 saturated heterocycles. The Balaban J connectivity index is 1.52. The monoisotopic (exact) mass is 556 g/mol. The summed E-state index contributed by atoms with van der Waals surface area (Å²) in [5, 5.41) is 6.13. The van der Waals surface area contributed by atoms with Crippen LogP contribution < -0.4 is 32.4 Å². The Hall–Kier alpha value is -3.48. The van der Waals surface area contributed by atoms with Gasteiger partial charge >= 0.3 is 11.1 Å². The van der Waals surface area contributed by atoms with Crippen molar-refractivity contribution in [3.05, 3.63) is 50.1 Å². The van der Waals surface area contributed by atoms with E-state index in [1.54, 1.807) is 24.4 Å². The summed E-state index contributed by atoms with van der Waals surface area (Å²) < 4.78 is 8.12. The Morgan fingerprint density at radius 2 is 1.95 bits per heavy atom. The molecular weight excluding hydrogens is 524 g/mol. The molecule has 2 fully saturated rings. The lowest BCUT2D eigenvalue weighted by Gasteiger charge is -2.34. The molecule has 39 heavy (non-hydrogen) atoms. The smallest absolute Gasteiger partial charge is 0.316 e. The van der Waals surface area contributed by atoms with E-state index < -0.39 is 11.1 Å². The molecule has 2 atom stereocenters. The standard InChI is InChI=1S/C26H33ClN8O4/c1-15-7-17(28)12-33(10-15)26-30-9-19(27)23(32-26)31-18-3-4-20-21(8-18)34(6-5-22(36)29-2)24(37)25(38)35(20)11-16-13-39-14-16/h3-4,8-9,15-17H,5-7,10-14,28H2,1-2H3,(H,29,36)(H,30,31,32)/t15-,17+/m1/s1. The molecule has 208 valence electrons. The molecule has 4 N–H and O–H groups in total. The number of carbonyl (C=O) groups excluding carboxylic acids is 1. The predicted octanol–water partition coefficient (Wildman–Crippen LogP) is 1.31. The Bertz CT molecular complexity index is 1490. The second-order valence-electron chi connectivity index (χ2n) is 10.4. The number of aromatic nitrogens is 4. The lowest BCUT2D eigenvalue weighted by atomic mass is 9.97. The molecule has 12 nitrogen and oxygen atoms in total. The van der Waals surface area contributed by atoms with Gasteiger partial charge in [-0.15, -0.1) is 0 Å². The average molecular weight is 557 g/mol. The molecule has 0 radical (unpaired) electrons. The number of aryl methyl sites for hydroxylation is 1. The summed E-state index contributed by atoms with van der Waals surface area (Å²) in [5.74, 6) is 1.29. The van der Waals surface area contributed by atoms with E-state index in [9.17, 15) is 14.4 Å². The van der Waals surface area contributed by atoms with Gasteiger partial charge in [-0.3, -0.25) is 14.4 Å². The number of benzene rings is 1. The Morgan fingerprint density at radius 3 is 2.64 bits per heavy atom. The summed E-state index contributed by atoms with van der Waals surface area (Å²) in [6.07, 6.45) is 2.56. The second-order valence-corrected chi connectivity index (χ2v) is 10.8. The van der Waals surface area contributed by atoms with Crippen molar-refractivity contribution in [3.63, 3.8) is 0 Å². The molecule has 4 heterocycles. The number of nitrogens with one attached hydrogen (secondary N) is 2. The van der Waals surface area contributed by atoms with Crippen molar-refractivity contribution in [1.82, 2.24) is 24.4 Å². The second kappa shape index (κ2) is 11.3. The number of hydrogen-bond acceptors (Lipinski definition) is 9. The Kier molecular flexibility index (Phi) is 7.87. The van der Waals surface area contributed by atoms with Crippen molar-refractivity contribution < 1.29 is 9.53 Å². The Labute approximate surface area is 230 Å². The van der Waals surface area contributed by atoms with Crippen LogP contribution in [0.15, 0.2) is 34.0 Å². The molecule has 13 heteroatoms. The van der Waals surface area contributed by atoms with E-state index in [0.29, 0.717) is 65.7 Å². The average Bonchev–Trinajstić information content (AvgIpc) is 2.88. The topological polar surface area (TPSA) is 149 Å². The molecule has 2 aliphatic heterocycles. The fraction of sp³-hybridized carbons (Fsp3) is 0.500. The van der Waals surface area contributed by atoms with Gasteiger partial charge in [0, 0.05) is 57.3 Å². The van der Waals surface area contributed by atoms with Crippen LogP contribution in [0, 0.1) is 11.8 Å². The normalized spacial score (nSPS) is 19.6. The van der Waals surface area contributed by atoms with E-state index in [4.69, 9.17) is 22.1 Å². The van der Waals surface area contributed by atoms with Gasteiger partial charge < -0.3 is 35.1 Å². The van der Waals surface area contributed by atoms with Crippen LogP contribution in [0.3, 0.4) is 0 Å². The number of hydrogen-bond donors (Lipinski definition) is 3. The summed E-state index contributed by atoms with van der Waals surface area (Å²) in [6, 6.07) is 5.40. The van der Waals surface area contributed by atoms with Gasteiger partial charge in [0.15, 0.2) is 5.82 Å². The molecule has 2 aromatic heterocycles. The van der Waals surface area contributed by atoms with Crippen molar-refractivity contribution in [2.24, 2.45) is 17.6 Å². The van der Waals surface area contributed by atoms with Gasteiger partial charge in [-0.05, 0) is 30.5 Å². The highest BCUT2D eigenvalue weighted by Gasteiger charge is 2.25. The predicted molar refractivity (Wildman–Crippen MR) is 150 cm³/mol. The molecule has 0 bridgehead atoms. The first-order valence-corrected chi connectivity index (χ1v) is 13.5. The van der Waals surface area contributed by atoms with Gasteiger partial charge in [-0.2, -0.15) is 4.98 Å². The quantitative estimate of drug-likeness (QED) is 0.349. The number of piperidine rings is 1. The molecule has 2 aliphatic rings. The minimum absolute atomic E-state index is 0.0422. The third kappa shape index (κ3) is 5.77.